The Hall–Kier alpha value is -1.31. The van der Waals surface area contributed by atoms with Gasteiger partial charge in [0.25, 0.3) is 0 Å². The molecule has 0 aromatic heterocycles. The Labute approximate surface area is 103 Å². The van der Waals surface area contributed by atoms with E-state index in [1.54, 1.807) is 0 Å². The highest BCUT2D eigenvalue weighted by Crippen LogP contribution is 2.42. The fourth-order valence-corrected chi connectivity index (χ4v) is 2.64. The quantitative estimate of drug-likeness (QED) is 0.869. The fraction of sp³-hybridized carbons (Fsp3) is 0.533. The van der Waals surface area contributed by atoms with Crippen LogP contribution in [0.5, 0.6) is 0 Å². The molecule has 17 heavy (non-hydrogen) atoms. The molecule has 0 saturated heterocycles. The van der Waals surface area contributed by atoms with Crippen LogP contribution in [0.4, 0.5) is 0 Å². The summed E-state index contributed by atoms with van der Waals surface area (Å²) in [7, 11) is 0. The Morgan fingerprint density at radius 1 is 1.24 bits per heavy atom. The van der Waals surface area contributed by atoms with Gasteiger partial charge in [-0.1, -0.05) is 6.07 Å². The number of carboxylic acids is 1. The molecule has 0 spiro atoms. The van der Waals surface area contributed by atoms with Crippen LogP contribution in [0, 0.1) is 39.5 Å². The van der Waals surface area contributed by atoms with Gasteiger partial charge in [0.2, 0.25) is 0 Å². The largest absolute Gasteiger partial charge is 0.481 e. The summed E-state index contributed by atoms with van der Waals surface area (Å²) >= 11 is 0. The number of hydrogen-bond acceptors (Lipinski definition) is 1. The van der Waals surface area contributed by atoms with Crippen molar-refractivity contribution in [3.8, 4) is 0 Å². The predicted octanol–water partition coefficient (Wildman–Crippen LogP) is 3.18. The van der Waals surface area contributed by atoms with Crippen molar-refractivity contribution in [3.05, 3.63) is 33.9 Å². The van der Waals surface area contributed by atoms with Gasteiger partial charge in [0, 0.05) is 0 Å². The summed E-state index contributed by atoms with van der Waals surface area (Å²) in [6, 6.07) is 2.22. The van der Waals surface area contributed by atoms with Crippen molar-refractivity contribution in [2.24, 2.45) is 11.8 Å². The number of aryl methyl sites for hydroxylation is 2. The smallest absolute Gasteiger partial charge is 0.306 e. The Balaban J connectivity index is 2.25. The highest BCUT2D eigenvalue weighted by molar-refractivity contribution is 5.73. The maximum Gasteiger partial charge on any atom is 0.306 e. The Morgan fingerprint density at radius 2 is 1.76 bits per heavy atom. The first-order chi connectivity index (χ1) is 7.91. The summed E-state index contributed by atoms with van der Waals surface area (Å²) in [5.41, 5.74) is 6.68. The SMILES string of the molecule is Cc1cc(C)c(C)c(CC2CC2C(=O)O)c1C. The van der Waals surface area contributed by atoms with E-state index in [2.05, 4.69) is 33.8 Å². The molecule has 1 aliphatic rings. The fourth-order valence-electron chi connectivity index (χ4n) is 2.64. The highest BCUT2D eigenvalue weighted by Gasteiger charge is 2.43. The average Bonchev–Trinajstić information content (AvgIpc) is 3.01. The van der Waals surface area contributed by atoms with Crippen LogP contribution in [0.3, 0.4) is 0 Å². The lowest BCUT2D eigenvalue weighted by atomic mass is 9.91. The van der Waals surface area contributed by atoms with Crippen LogP contribution in [0.2, 0.25) is 0 Å². The summed E-state index contributed by atoms with van der Waals surface area (Å²) < 4.78 is 0. The maximum absolute atomic E-state index is 10.9. The topological polar surface area (TPSA) is 37.3 Å². The molecule has 1 fully saturated rings. The lowest BCUT2D eigenvalue weighted by molar-refractivity contribution is -0.138. The molecule has 1 N–H and O–H groups in total. The van der Waals surface area contributed by atoms with E-state index in [4.69, 9.17) is 5.11 Å². The molecule has 2 rings (SSSR count). The summed E-state index contributed by atoms with van der Waals surface area (Å²) in [6.07, 6.45) is 1.78. The first kappa shape index (κ1) is 12.2. The van der Waals surface area contributed by atoms with Crippen molar-refractivity contribution in [2.75, 3.05) is 0 Å². The molecule has 2 heteroatoms. The van der Waals surface area contributed by atoms with Gasteiger partial charge in [0.15, 0.2) is 0 Å². The molecule has 1 aromatic carbocycles. The third-order valence-electron chi connectivity index (χ3n) is 4.23. The summed E-state index contributed by atoms with van der Waals surface area (Å²) in [6.45, 7) is 8.56. The third-order valence-corrected chi connectivity index (χ3v) is 4.23. The van der Waals surface area contributed by atoms with Gasteiger partial charge in [-0.15, -0.1) is 0 Å². The minimum Gasteiger partial charge on any atom is -0.481 e. The van der Waals surface area contributed by atoms with Crippen LogP contribution >= 0.6 is 0 Å². The highest BCUT2D eigenvalue weighted by atomic mass is 16.4. The lowest BCUT2D eigenvalue weighted by Crippen LogP contribution is -2.05. The number of carboxylic acid groups (broad SMARTS) is 1. The van der Waals surface area contributed by atoms with Gasteiger partial charge in [-0.05, 0) is 74.3 Å². The van der Waals surface area contributed by atoms with Crippen molar-refractivity contribution >= 4 is 5.97 Å². The molecule has 0 heterocycles. The van der Waals surface area contributed by atoms with E-state index in [0.29, 0.717) is 5.92 Å². The van der Waals surface area contributed by atoms with Crippen LogP contribution in [0.15, 0.2) is 6.07 Å². The second-order valence-corrected chi connectivity index (χ2v) is 5.38. The first-order valence-electron chi connectivity index (χ1n) is 6.21. The van der Waals surface area contributed by atoms with Crippen LogP contribution in [0.25, 0.3) is 0 Å². The van der Waals surface area contributed by atoms with Gasteiger partial charge >= 0.3 is 5.97 Å². The van der Waals surface area contributed by atoms with Crippen molar-refractivity contribution in [2.45, 2.75) is 40.5 Å². The normalized spacial score (nSPS) is 22.6. The standard InChI is InChI=1S/C15H20O2/c1-8-5-9(2)11(4)13(10(8)3)6-12-7-14(12)15(16)17/h5,12,14H,6-7H2,1-4H3,(H,16,17). The first-order valence-corrected chi connectivity index (χ1v) is 6.21. The minimum absolute atomic E-state index is 0.102. The third kappa shape index (κ3) is 2.21. The van der Waals surface area contributed by atoms with Crippen LogP contribution in [-0.2, 0) is 11.2 Å². The Morgan fingerprint density at radius 3 is 2.18 bits per heavy atom. The molecule has 0 radical (unpaired) electrons. The van der Waals surface area contributed by atoms with Gasteiger partial charge in [-0.25, -0.2) is 0 Å². The lowest BCUT2D eigenvalue weighted by Gasteiger charge is -2.15. The summed E-state index contributed by atoms with van der Waals surface area (Å²) in [4.78, 5) is 10.9. The van der Waals surface area contributed by atoms with Crippen molar-refractivity contribution < 1.29 is 9.90 Å². The van der Waals surface area contributed by atoms with E-state index < -0.39 is 5.97 Å². The summed E-state index contributed by atoms with van der Waals surface area (Å²) in [5.74, 6) is -0.379. The molecule has 0 amide bonds. The molecule has 2 unspecified atom stereocenters. The predicted molar refractivity (Wildman–Crippen MR) is 68.3 cm³/mol. The molecule has 1 saturated carbocycles. The van der Waals surface area contributed by atoms with E-state index in [1.807, 2.05) is 0 Å². The van der Waals surface area contributed by atoms with E-state index in [0.717, 1.165) is 12.8 Å². The number of benzene rings is 1. The van der Waals surface area contributed by atoms with E-state index >= 15 is 0 Å². The Kier molecular flexibility index (Phi) is 2.98. The zero-order valence-electron chi connectivity index (χ0n) is 11.0. The molecule has 0 aliphatic heterocycles. The van der Waals surface area contributed by atoms with Gasteiger partial charge in [-0.2, -0.15) is 0 Å². The zero-order chi connectivity index (χ0) is 12.7. The van der Waals surface area contributed by atoms with Gasteiger partial charge in [-0.3, -0.25) is 4.79 Å². The van der Waals surface area contributed by atoms with Crippen molar-refractivity contribution in [3.63, 3.8) is 0 Å². The second kappa shape index (κ2) is 4.17. The maximum atomic E-state index is 10.9. The zero-order valence-corrected chi connectivity index (χ0v) is 11.0. The number of rotatable bonds is 3. The van der Waals surface area contributed by atoms with E-state index in [9.17, 15) is 4.79 Å². The molecule has 92 valence electrons. The van der Waals surface area contributed by atoms with Crippen LogP contribution in [-0.4, -0.2) is 11.1 Å². The van der Waals surface area contributed by atoms with E-state index in [1.165, 1.54) is 27.8 Å². The number of hydrogen-bond donors (Lipinski definition) is 1. The molecule has 1 aliphatic carbocycles. The molecular formula is C15H20O2. The molecule has 2 atom stereocenters. The van der Waals surface area contributed by atoms with Gasteiger partial charge in [0.1, 0.15) is 0 Å². The second-order valence-electron chi connectivity index (χ2n) is 5.38. The number of carbonyl (C=O) groups is 1. The van der Waals surface area contributed by atoms with Crippen molar-refractivity contribution in [1.82, 2.24) is 0 Å². The van der Waals surface area contributed by atoms with Gasteiger partial charge < -0.3 is 5.11 Å². The summed E-state index contributed by atoms with van der Waals surface area (Å²) in [5, 5.41) is 8.95. The molecule has 1 aromatic rings. The molecule has 2 nitrogen and oxygen atoms in total. The number of aliphatic carboxylic acids is 1. The Bertz CT molecular complexity index is 448. The van der Waals surface area contributed by atoms with Gasteiger partial charge in [0.05, 0.1) is 5.92 Å². The van der Waals surface area contributed by atoms with Crippen LogP contribution < -0.4 is 0 Å². The monoisotopic (exact) mass is 232 g/mol. The van der Waals surface area contributed by atoms with E-state index in [-0.39, 0.29) is 5.92 Å². The molecule has 0 bridgehead atoms. The molecular weight excluding hydrogens is 212 g/mol. The van der Waals surface area contributed by atoms with Crippen molar-refractivity contribution in [1.29, 1.82) is 0 Å². The van der Waals surface area contributed by atoms with Crippen LogP contribution in [0.1, 0.15) is 34.2 Å². The minimum atomic E-state index is -0.630. The average molecular weight is 232 g/mol.